The molecule has 0 aromatic heterocycles. The van der Waals surface area contributed by atoms with Gasteiger partial charge in [0.15, 0.2) is 0 Å². The Balaban J connectivity index is 1.56. The summed E-state index contributed by atoms with van der Waals surface area (Å²) in [5, 5.41) is 0. The number of hydrogen-bond acceptors (Lipinski definition) is 3. The van der Waals surface area contributed by atoms with Gasteiger partial charge in [0.1, 0.15) is 0 Å². The summed E-state index contributed by atoms with van der Waals surface area (Å²) in [6, 6.07) is 16.8. The van der Waals surface area contributed by atoms with E-state index < -0.39 is 0 Å². The van der Waals surface area contributed by atoms with Crippen molar-refractivity contribution in [3.63, 3.8) is 0 Å². The number of rotatable bonds is 9. The molecule has 0 aliphatic rings. The normalized spacial score (nSPS) is 10.3. The molecule has 0 bridgehead atoms. The van der Waals surface area contributed by atoms with Crippen molar-refractivity contribution >= 4 is 12.3 Å². The lowest BCUT2D eigenvalue weighted by Gasteiger charge is -2.05. The molecule has 0 spiro atoms. The van der Waals surface area contributed by atoms with E-state index in [4.69, 9.17) is 4.74 Å². The smallest absolute Gasteiger partial charge is 0.338 e. The number of hydrogen-bond donors (Lipinski definition) is 0. The number of ether oxygens (including phenoxy) is 1. The van der Waals surface area contributed by atoms with Crippen LogP contribution in [0.2, 0.25) is 0 Å². The SMILES string of the molecule is O=[C]c1ccc(C(=O)OCCCCCCc2ccccc2)cc1. The predicted octanol–water partition coefficient (Wildman–Crippen LogP) is 4.10. The second kappa shape index (κ2) is 9.57. The van der Waals surface area contributed by atoms with Crippen molar-refractivity contribution in [2.45, 2.75) is 32.1 Å². The first-order valence-corrected chi connectivity index (χ1v) is 7.99. The Morgan fingerprint density at radius 3 is 2.26 bits per heavy atom. The Bertz CT molecular complexity index is 603. The van der Waals surface area contributed by atoms with E-state index >= 15 is 0 Å². The van der Waals surface area contributed by atoms with E-state index in [2.05, 4.69) is 24.3 Å². The predicted molar refractivity (Wildman–Crippen MR) is 90.1 cm³/mol. The van der Waals surface area contributed by atoms with Crippen molar-refractivity contribution in [1.82, 2.24) is 0 Å². The van der Waals surface area contributed by atoms with Crippen LogP contribution in [0.15, 0.2) is 54.6 Å². The third-order valence-electron chi connectivity index (χ3n) is 3.67. The molecule has 119 valence electrons. The van der Waals surface area contributed by atoms with Gasteiger partial charge in [-0.15, -0.1) is 0 Å². The molecule has 0 atom stereocenters. The number of unbranched alkanes of at least 4 members (excludes halogenated alkanes) is 3. The summed E-state index contributed by atoms with van der Waals surface area (Å²) < 4.78 is 5.23. The lowest BCUT2D eigenvalue weighted by Crippen LogP contribution is -2.06. The highest BCUT2D eigenvalue weighted by Gasteiger charge is 2.06. The Kier molecular flexibility index (Phi) is 7.05. The summed E-state index contributed by atoms with van der Waals surface area (Å²) >= 11 is 0. The third-order valence-corrected chi connectivity index (χ3v) is 3.67. The van der Waals surface area contributed by atoms with E-state index in [1.807, 2.05) is 6.07 Å². The van der Waals surface area contributed by atoms with Gasteiger partial charge in [-0.25, -0.2) is 4.79 Å². The molecule has 2 rings (SSSR count). The first-order valence-electron chi connectivity index (χ1n) is 7.99. The molecule has 3 nitrogen and oxygen atoms in total. The van der Waals surface area contributed by atoms with Gasteiger partial charge in [-0.05, 0) is 37.0 Å². The highest BCUT2D eigenvalue weighted by atomic mass is 16.5. The van der Waals surface area contributed by atoms with Gasteiger partial charge in [0.05, 0.1) is 12.2 Å². The Hall–Kier alpha value is -2.42. The molecule has 0 unspecified atom stereocenters. The summed E-state index contributed by atoms with van der Waals surface area (Å²) in [5.74, 6) is -0.341. The van der Waals surface area contributed by atoms with Crippen LogP contribution in [-0.4, -0.2) is 18.9 Å². The van der Waals surface area contributed by atoms with Crippen LogP contribution in [-0.2, 0) is 16.0 Å². The summed E-state index contributed by atoms with van der Waals surface area (Å²) in [7, 11) is 0. The summed E-state index contributed by atoms with van der Waals surface area (Å²) in [4.78, 5) is 22.2. The van der Waals surface area contributed by atoms with Crippen LogP contribution < -0.4 is 0 Å². The van der Waals surface area contributed by atoms with Crippen molar-refractivity contribution < 1.29 is 14.3 Å². The molecule has 0 fully saturated rings. The number of carbonyl (C=O) groups is 1. The number of esters is 1. The van der Waals surface area contributed by atoms with E-state index in [0.717, 1.165) is 32.1 Å². The maximum Gasteiger partial charge on any atom is 0.338 e. The molecule has 2 aromatic carbocycles. The van der Waals surface area contributed by atoms with Gasteiger partial charge in [0.2, 0.25) is 6.29 Å². The number of carbonyl (C=O) groups excluding carboxylic acids is 2. The first-order chi connectivity index (χ1) is 11.3. The zero-order valence-corrected chi connectivity index (χ0v) is 13.2. The van der Waals surface area contributed by atoms with E-state index in [1.165, 1.54) is 5.56 Å². The monoisotopic (exact) mass is 309 g/mol. The topological polar surface area (TPSA) is 43.4 Å². The Morgan fingerprint density at radius 2 is 1.57 bits per heavy atom. The number of benzene rings is 2. The molecule has 0 aliphatic heterocycles. The van der Waals surface area contributed by atoms with Crippen LogP contribution in [0, 0.1) is 0 Å². The minimum absolute atomic E-state index is 0.341. The molecule has 3 heteroatoms. The quantitative estimate of drug-likeness (QED) is 0.517. The molecule has 0 aliphatic carbocycles. The van der Waals surface area contributed by atoms with Gasteiger partial charge in [-0.3, -0.25) is 4.79 Å². The van der Waals surface area contributed by atoms with Crippen LogP contribution >= 0.6 is 0 Å². The van der Waals surface area contributed by atoms with E-state index in [1.54, 1.807) is 30.6 Å². The molecule has 0 heterocycles. The van der Waals surface area contributed by atoms with Crippen molar-refractivity contribution in [3.8, 4) is 0 Å². The Labute approximate surface area is 137 Å². The van der Waals surface area contributed by atoms with Gasteiger partial charge in [0, 0.05) is 5.56 Å². The Morgan fingerprint density at radius 1 is 0.870 bits per heavy atom. The van der Waals surface area contributed by atoms with Gasteiger partial charge in [-0.1, -0.05) is 55.3 Å². The zero-order valence-electron chi connectivity index (χ0n) is 13.2. The average molecular weight is 309 g/mol. The third kappa shape index (κ3) is 6.07. The van der Waals surface area contributed by atoms with E-state index in [0.29, 0.717) is 17.7 Å². The van der Waals surface area contributed by atoms with E-state index in [9.17, 15) is 9.59 Å². The molecular formula is C20H21O3. The molecule has 0 saturated carbocycles. The highest BCUT2D eigenvalue weighted by molar-refractivity contribution is 5.90. The fourth-order valence-electron chi connectivity index (χ4n) is 2.35. The molecule has 0 saturated heterocycles. The van der Waals surface area contributed by atoms with Gasteiger partial charge in [-0.2, -0.15) is 0 Å². The molecule has 1 radical (unpaired) electrons. The van der Waals surface area contributed by atoms with E-state index in [-0.39, 0.29) is 5.97 Å². The summed E-state index contributed by atoms with van der Waals surface area (Å²) in [6.45, 7) is 0.436. The molecule has 2 aromatic rings. The van der Waals surface area contributed by atoms with Crippen LogP contribution in [0.1, 0.15) is 47.2 Å². The number of aryl methyl sites for hydroxylation is 1. The minimum atomic E-state index is -0.341. The summed E-state index contributed by atoms with van der Waals surface area (Å²) in [6.07, 6.45) is 7.09. The van der Waals surface area contributed by atoms with Crippen LogP contribution in [0.5, 0.6) is 0 Å². The fraction of sp³-hybridized carbons (Fsp3) is 0.300. The van der Waals surface area contributed by atoms with Gasteiger partial charge >= 0.3 is 5.97 Å². The molecule has 0 amide bonds. The second-order valence-corrected chi connectivity index (χ2v) is 5.47. The first kappa shape index (κ1) is 16.9. The van der Waals surface area contributed by atoms with Crippen LogP contribution in [0.4, 0.5) is 0 Å². The summed E-state index contributed by atoms with van der Waals surface area (Å²) in [5.41, 5.74) is 2.27. The lowest BCUT2D eigenvalue weighted by molar-refractivity contribution is 0.0497. The maximum absolute atomic E-state index is 11.8. The minimum Gasteiger partial charge on any atom is -0.462 e. The highest BCUT2D eigenvalue weighted by Crippen LogP contribution is 2.09. The van der Waals surface area contributed by atoms with Crippen molar-refractivity contribution in [2.24, 2.45) is 0 Å². The van der Waals surface area contributed by atoms with Crippen molar-refractivity contribution in [2.75, 3.05) is 6.61 Å². The van der Waals surface area contributed by atoms with Crippen molar-refractivity contribution in [3.05, 3.63) is 71.3 Å². The largest absolute Gasteiger partial charge is 0.462 e. The molecule has 23 heavy (non-hydrogen) atoms. The maximum atomic E-state index is 11.8. The lowest BCUT2D eigenvalue weighted by atomic mass is 10.1. The second-order valence-electron chi connectivity index (χ2n) is 5.47. The van der Waals surface area contributed by atoms with Gasteiger partial charge in [0.25, 0.3) is 0 Å². The van der Waals surface area contributed by atoms with Crippen LogP contribution in [0.3, 0.4) is 0 Å². The van der Waals surface area contributed by atoms with Crippen LogP contribution in [0.25, 0.3) is 0 Å². The van der Waals surface area contributed by atoms with Crippen molar-refractivity contribution in [1.29, 1.82) is 0 Å². The fourth-order valence-corrected chi connectivity index (χ4v) is 2.35. The average Bonchev–Trinajstić information content (AvgIpc) is 2.61. The standard InChI is InChI=1S/C20H21O3/c21-16-18-11-13-19(14-12-18)20(22)23-15-7-2-1-4-8-17-9-5-3-6-10-17/h3,5-6,9-14H,1-2,4,7-8,15H2. The molecular weight excluding hydrogens is 288 g/mol. The molecule has 0 N–H and O–H groups in total. The zero-order chi connectivity index (χ0) is 16.3. The van der Waals surface area contributed by atoms with Gasteiger partial charge < -0.3 is 4.74 Å².